The zero-order valence-corrected chi connectivity index (χ0v) is 16.1. The van der Waals surface area contributed by atoms with Crippen LogP contribution in [0.2, 0.25) is 0 Å². The summed E-state index contributed by atoms with van der Waals surface area (Å²) in [5.74, 6) is 0.383. The fourth-order valence-corrected chi connectivity index (χ4v) is 5.10. The monoisotopic (exact) mass is 438 g/mol. The topological polar surface area (TPSA) is 49.4 Å². The van der Waals surface area contributed by atoms with Gasteiger partial charge in [-0.1, -0.05) is 15.9 Å². The molecular weight excluding hydrogens is 420 g/mol. The molecule has 1 N–H and O–H groups in total. The number of sulfonamides is 1. The van der Waals surface area contributed by atoms with Gasteiger partial charge in [0.2, 0.25) is 10.0 Å². The molecule has 1 aliphatic rings. The van der Waals surface area contributed by atoms with Gasteiger partial charge in [0, 0.05) is 28.1 Å². The molecule has 1 atom stereocenters. The van der Waals surface area contributed by atoms with Gasteiger partial charge in [-0.05, 0) is 66.9 Å². The number of rotatable bonds is 5. The number of halogens is 2. The van der Waals surface area contributed by atoms with E-state index in [1.165, 1.54) is 0 Å². The third-order valence-electron chi connectivity index (χ3n) is 3.79. The van der Waals surface area contributed by atoms with Crippen molar-refractivity contribution in [2.75, 3.05) is 19.6 Å². The number of likely N-dealkylation sites (tertiary alicyclic amines) is 1. The van der Waals surface area contributed by atoms with Crippen LogP contribution in [0.1, 0.15) is 20.3 Å². The molecule has 0 bridgehead atoms. The summed E-state index contributed by atoms with van der Waals surface area (Å²) < 4.78 is 28.9. The molecule has 0 radical (unpaired) electrons. The van der Waals surface area contributed by atoms with Crippen LogP contribution in [0, 0.1) is 5.92 Å². The average Bonchev–Trinajstić information content (AvgIpc) is 2.88. The van der Waals surface area contributed by atoms with Crippen molar-refractivity contribution in [3.63, 3.8) is 0 Å². The molecule has 1 unspecified atom stereocenters. The molecule has 0 amide bonds. The first-order chi connectivity index (χ1) is 9.79. The number of benzene rings is 1. The van der Waals surface area contributed by atoms with E-state index in [-0.39, 0.29) is 4.90 Å². The molecule has 1 aliphatic heterocycles. The van der Waals surface area contributed by atoms with Gasteiger partial charge in [-0.3, -0.25) is 0 Å². The summed E-state index contributed by atoms with van der Waals surface area (Å²) >= 11 is 6.61. The minimum atomic E-state index is -3.48. The van der Waals surface area contributed by atoms with Crippen LogP contribution >= 0.6 is 31.9 Å². The van der Waals surface area contributed by atoms with Crippen LogP contribution in [-0.2, 0) is 10.0 Å². The molecule has 1 heterocycles. The van der Waals surface area contributed by atoms with E-state index >= 15 is 0 Å². The highest BCUT2D eigenvalue weighted by molar-refractivity contribution is 9.11. The fourth-order valence-electron chi connectivity index (χ4n) is 2.49. The van der Waals surface area contributed by atoms with Crippen molar-refractivity contribution >= 4 is 41.9 Å². The minimum Gasteiger partial charge on any atom is -0.301 e. The largest absolute Gasteiger partial charge is 0.301 e. The lowest BCUT2D eigenvalue weighted by molar-refractivity contribution is 0.265. The van der Waals surface area contributed by atoms with Crippen LogP contribution in [0.4, 0.5) is 0 Å². The zero-order chi connectivity index (χ0) is 15.6. The van der Waals surface area contributed by atoms with Crippen molar-refractivity contribution in [1.29, 1.82) is 0 Å². The van der Waals surface area contributed by atoms with Gasteiger partial charge in [0.1, 0.15) is 0 Å². The van der Waals surface area contributed by atoms with E-state index in [9.17, 15) is 8.42 Å². The summed E-state index contributed by atoms with van der Waals surface area (Å²) in [4.78, 5) is 2.66. The molecule has 1 saturated heterocycles. The van der Waals surface area contributed by atoms with Crippen molar-refractivity contribution < 1.29 is 8.42 Å². The standard InChI is InChI=1S/C14H20Br2N2O2S/c1-10(2)18-6-5-11(9-18)8-17-21(19,20)14-7-12(15)3-4-13(14)16/h3-4,7,10-11,17H,5-6,8-9H2,1-2H3. The maximum absolute atomic E-state index is 12.4. The van der Waals surface area contributed by atoms with Gasteiger partial charge in [-0.25, -0.2) is 13.1 Å². The highest BCUT2D eigenvalue weighted by Crippen LogP contribution is 2.26. The first-order valence-electron chi connectivity index (χ1n) is 6.98. The first kappa shape index (κ1) is 17.4. The lowest BCUT2D eigenvalue weighted by atomic mass is 10.1. The molecule has 2 rings (SSSR count). The maximum atomic E-state index is 12.4. The lowest BCUT2D eigenvalue weighted by Crippen LogP contribution is -2.33. The smallest absolute Gasteiger partial charge is 0.241 e. The molecule has 0 aromatic heterocycles. The summed E-state index contributed by atoms with van der Waals surface area (Å²) in [7, 11) is -3.48. The van der Waals surface area contributed by atoms with Gasteiger partial charge in [0.25, 0.3) is 0 Å². The Bertz CT molecular complexity index is 605. The Labute approximate surface area is 143 Å². The molecule has 21 heavy (non-hydrogen) atoms. The predicted molar refractivity (Wildman–Crippen MR) is 91.8 cm³/mol. The third-order valence-corrected chi connectivity index (χ3v) is 6.70. The Hall–Kier alpha value is 0.0500. The van der Waals surface area contributed by atoms with Gasteiger partial charge in [0.05, 0.1) is 4.90 Å². The van der Waals surface area contributed by atoms with E-state index in [2.05, 4.69) is 55.3 Å². The van der Waals surface area contributed by atoms with Crippen molar-refractivity contribution in [3.05, 3.63) is 27.1 Å². The fraction of sp³-hybridized carbons (Fsp3) is 0.571. The summed E-state index contributed by atoms with van der Waals surface area (Å²) in [6.45, 7) is 6.84. The van der Waals surface area contributed by atoms with Crippen molar-refractivity contribution in [2.24, 2.45) is 5.92 Å². The SMILES string of the molecule is CC(C)N1CCC(CNS(=O)(=O)c2cc(Br)ccc2Br)C1. The second-order valence-electron chi connectivity index (χ2n) is 5.67. The van der Waals surface area contributed by atoms with Gasteiger partial charge in [0.15, 0.2) is 0 Å². The van der Waals surface area contributed by atoms with Crippen LogP contribution in [-0.4, -0.2) is 39.0 Å². The summed E-state index contributed by atoms with van der Waals surface area (Å²) in [5.41, 5.74) is 0. The highest BCUT2D eigenvalue weighted by atomic mass is 79.9. The van der Waals surface area contributed by atoms with Crippen molar-refractivity contribution in [1.82, 2.24) is 9.62 Å². The van der Waals surface area contributed by atoms with Gasteiger partial charge in [-0.15, -0.1) is 0 Å². The molecule has 1 aromatic carbocycles. The van der Waals surface area contributed by atoms with E-state index in [0.29, 0.717) is 23.0 Å². The third kappa shape index (κ3) is 4.51. The van der Waals surface area contributed by atoms with Crippen molar-refractivity contribution in [3.8, 4) is 0 Å². The molecule has 4 nitrogen and oxygen atoms in total. The normalized spacial score (nSPS) is 20.3. The summed E-state index contributed by atoms with van der Waals surface area (Å²) in [5, 5.41) is 0. The van der Waals surface area contributed by atoms with E-state index in [0.717, 1.165) is 24.0 Å². The summed E-state index contributed by atoms with van der Waals surface area (Å²) in [6, 6.07) is 5.67. The second kappa shape index (κ2) is 7.08. The first-order valence-corrected chi connectivity index (χ1v) is 10.1. The van der Waals surface area contributed by atoms with E-state index < -0.39 is 10.0 Å². The Kier molecular flexibility index (Phi) is 5.87. The molecule has 0 spiro atoms. The molecule has 0 saturated carbocycles. The Morgan fingerprint density at radius 1 is 1.38 bits per heavy atom. The molecular formula is C14H20Br2N2O2S. The number of nitrogens with one attached hydrogen (secondary N) is 1. The molecule has 1 aromatic rings. The molecule has 1 fully saturated rings. The Balaban J connectivity index is 2.01. The Morgan fingerprint density at radius 3 is 2.71 bits per heavy atom. The predicted octanol–water partition coefficient (Wildman–Crippen LogP) is 3.22. The van der Waals surface area contributed by atoms with Crippen LogP contribution in [0.25, 0.3) is 0 Å². The van der Waals surface area contributed by atoms with Gasteiger partial charge in [-0.2, -0.15) is 0 Å². The summed E-state index contributed by atoms with van der Waals surface area (Å²) in [6.07, 6.45) is 1.04. The molecule has 0 aliphatic carbocycles. The van der Waals surface area contributed by atoms with Crippen LogP contribution in [0.3, 0.4) is 0 Å². The lowest BCUT2D eigenvalue weighted by Gasteiger charge is -2.20. The van der Waals surface area contributed by atoms with E-state index in [4.69, 9.17) is 0 Å². The van der Waals surface area contributed by atoms with Crippen LogP contribution in [0.5, 0.6) is 0 Å². The number of hydrogen-bond donors (Lipinski definition) is 1. The minimum absolute atomic E-state index is 0.274. The van der Waals surface area contributed by atoms with Crippen LogP contribution in [0.15, 0.2) is 32.0 Å². The quantitative estimate of drug-likeness (QED) is 0.766. The van der Waals surface area contributed by atoms with Gasteiger partial charge < -0.3 is 4.90 Å². The van der Waals surface area contributed by atoms with Gasteiger partial charge >= 0.3 is 0 Å². The Morgan fingerprint density at radius 2 is 2.10 bits per heavy atom. The van der Waals surface area contributed by atoms with Crippen molar-refractivity contribution in [2.45, 2.75) is 31.2 Å². The molecule has 7 heteroatoms. The second-order valence-corrected chi connectivity index (χ2v) is 9.18. The van der Waals surface area contributed by atoms with E-state index in [1.54, 1.807) is 18.2 Å². The molecule has 118 valence electrons. The highest BCUT2D eigenvalue weighted by Gasteiger charge is 2.26. The average molecular weight is 440 g/mol. The number of nitrogens with zero attached hydrogens (tertiary/aromatic N) is 1. The zero-order valence-electron chi connectivity index (χ0n) is 12.1. The van der Waals surface area contributed by atoms with E-state index in [1.807, 2.05) is 0 Å². The number of hydrogen-bond acceptors (Lipinski definition) is 3. The maximum Gasteiger partial charge on any atom is 0.241 e. The van der Waals surface area contributed by atoms with Crippen LogP contribution < -0.4 is 4.72 Å².